The number of hydrogen-bond acceptors (Lipinski definition) is 2. The average Bonchev–Trinajstić information content (AvgIpc) is 2.44. The number of ether oxygens (including phenoxy) is 1. The maximum Gasteiger partial charge on any atom is 0.0661 e. The quantitative estimate of drug-likeness (QED) is 0.642. The van der Waals surface area contributed by atoms with Gasteiger partial charge in [-0.15, -0.1) is 0 Å². The van der Waals surface area contributed by atoms with Gasteiger partial charge in [-0.3, -0.25) is 0 Å². The van der Waals surface area contributed by atoms with E-state index in [1.165, 1.54) is 24.0 Å². The first kappa shape index (κ1) is 17.2. The van der Waals surface area contributed by atoms with Crippen LogP contribution in [0.5, 0.6) is 0 Å². The van der Waals surface area contributed by atoms with Crippen molar-refractivity contribution >= 4 is 0 Å². The first-order valence-corrected chi connectivity index (χ1v) is 8.01. The fourth-order valence-corrected chi connectivity index (χ4v) is 2.35. The van der Waals surface area contributed by atoms with E-state index in [1.807, 2.05) is 7.05 Å². The van der Waals surface area contributed by atoms with Gasteiger partial charge in [0.15, 0.2) is 0 Å². The van der Waals surface area contributed by atoms with E-state index in [0.717, 1.165) is 32.0 Å². The summed E-state index contributed by atoms with van der Waals surface area (Å²) in [6.07, 6.45) is 4.77. The molecule has 2 nitrogen and oxygen atoms in total. The standard InChI is InChI=1S/C18H31NO/c1-5-7-16-9-11-17(12-10-16)18(19-4)14-20-13-6-8-15(2)3/h9-12,15,18-19H,5-8,13-14H2,1-4H3. The van der Waals surface area contributed by atoms with Crippen molar-refractivity contribution in [1.29, 1.82) is 0 Å². The first-order chi connectivity index (χ1) is 9.67. The molecule has 0 aliphatic carbocycles. The Balaban J connectivity index is 2.37. The van der Waals surface area contributed by atoms with Crippen molar-refractivity contribution in [2.24, 2.45) is 5.92 Å². The van der Waals surface area contributed by atoms with Crippen molar-refractivity contribution in [2.45, 2.75) is 52.5 Å². The van der Waals surface area contributed by atoms with E-state index < -0.39 is 0 Å². The molecule has 20 heavy (non-hydrogen) atoms. The second-order valence-electron chi connectivity index (χ2n) is 5.94. The fourth-order valence-electron chi connectivity index (χ4n) is 2.35. The highest BCUT2D eigenvalue weighted by molar-refractivity contribution is 5.25. The Morgan fingerprint density at radius 2 is 1.85 bits per heavy atom. The molecule has 0 bridgehead atoms. The van der Waals surface area contributed by atoms with Crippen LogP contribution in [0.3, 0.4) is 0 Å². The molecule has 1 aromatic carbocycles. The van der Waals surface area contributed by atoms with Crippen molar-refractivity contribution in [2.75, 3.05) is 20.3 Å². The third kappa shape index (κ3) is 6.53. The zero-order valence-electron chi connectivity index (χ0n) is 13.6. The molecule has 1 atom stereocenters. The van der Waals surface area contributed by atoms with Gasteiger partial charge in [0.2, 0.25) is 0 Å². The zero-order valence-corrected chi connectivity index (χ0v) is 13.6. The summed E-state index contributed by atoms with van der Waals surface area (Å²) in [6.45, 7) is 8.35. The SMILES string of the molecule is CCCc1ccc(C(COCCCC(C)C)NC)cc1. The van der Waals surface area contributed by atoms with E-state index in [1.54, 1.807) is 0 Å². The molecule has 0 radical (unpaired) electrons. The van der Waals surface area contributed by atoms with E-state index in [4.69, 9.17) is 4.74 Å². The van der Waals surface area contributed by atoms with Gasteiger partial charge < -0.3 is 10.1 Å². The predicted molar refractivity (Wildman–Crippen MR) is 87.1 cm³/mol. The van der Waals surface area contributed by atoms with Gasteiger partial charge in [-0.25, -0.2) is 0 Å². The molecular weight excluding hydrogens is 246 g/mol. The summed E-state index contributed by atoms with van der Waals surface area (Å²) >= 11 is 0. The van der Waals surface area contributed by atoms with Crippen LogP contribution in [-0.2, 0) is 11.2 Å². The smallest absolute Gasteiger partial charge is 0.0661 e. The average molecular weight is 277 g/mol. The molecule has 1 rings (SSSR count). The van der Waals surface area contributed by atoms with Gasteiger partial charge in [-0.05, 0) is 43.4 Å². The molecule has 0 saturated heterocycles. The Hall–Kier alpha value is -0.860. The van der Waals surface area contributed by atoms with Crippen molar-refractivity contribution in [3.8, 4) is 0 Å². The lowest BCUT2D eigenvalue weighted by molar-refractivity contribution is 0.108. The molecule has 0 saturated carbocycles. The Bertz CT molecular complexity index is 345. The molecule has 0 aliphatic rings. The number of nitrogens with one attached hydrogen (secondary N) is 1. The molecule has 1 unspecified atom stereocenters. The van der Waals surface area contributed by atoms with Crippen molar-refractivity contribution in [1.82, 2.24) is 5.32 Å². The number of benzene rings is 1. The van der Waals surface area contributed by atoms with Crippen LogP contribution < -0.4 is 5.32 Å². The molecular formula is C18H31NO. The molecule has 0 amide bonds. The summed E-state index contributed by atoms with van der Waals surface area (Å²) in [6, 6.07) is 9.22. The highest BCUT2D eigenvalue weighted by Gasteiger charge is 2.09. The second kappa shape index (κ2) is 9.95. The van der Waals surface area contributed by atoms with Crippen LogP contribution in [0.15, 0.2) is 24.3 Å². The summed E-state index contributed by atoms with van der Waals surface area (Å²) < 4.78 is 5.81. The summed E-state index contributed by atoms with van der Waals surface area (Å²) in [5.74, 6) is 0.768. The van der Waals surface area contributed by atoms with Crippen LogP contribution in [-0.4, -0.2) is 20.3 Å². The number of rotatable bonds is 10. The summed E-state index contributed by atoms with van der Waals surface area (Å²) in [7, 11) is 2.00. The maximum atomic E-state index is 5.81. The Labute approximate surface area is 124 Å². The summed E-state index contributed by atoms with van der Waals surface area (Å²) in [5, 5.41) is 3.34. The molecule has 0 aromatic heterocycles. The second-order valence-corrected chi connectivity index (χ2v) is 5.94. The number of hydrogen-bond donors (Lipinski definition) is 1. The van der Waals surface area contributed by atoms with E-state index in [2.05, 4.69) is 50.4 Å². The van der Waals surface area contributed by atoms with Crippen LogP contribution in [0.2, 0.25) is 0 Å². The maximum absolute atomic E-state index is 5.81. The lowest BCUT2D eigenvalue weighted by Gasteiger charge is -2.17. The molecule has 1 N–H and O–H groups in total. The summed E-state index contributed by atoms with van der Waals surface area (Å²) in [4.78, 5) is 0. The Morgan fingerprint density at radius 1 is 1.15 bits per heavy atom. The normalized spacial score (nSPS) is 12.8. The van der Waals surface area contributed by atoms with Gasteiger partial charge in [-0.2, -0.15) is 0 Å². The van der Waals surface area contributed by atoms with E-state index in [0.29, 0.717) is 6.04 Å². The van der Waals surface area contributed by atoms with Crippen LogP contribution >= 0.6 is 0 Å². The Kier molecular flexibility index (Phi) is 8.56. The molecule has 0 heterocycles. The van der Waals surface area contributed by atoms with Gasteiger partial charge in [0.1, 0.15) is 0 Å². The van der Waals surface area contributed by atoms with E-state index in [9.17, 15) is 0 Å². The van der Waals surface area contributed by atoms with Gasteiger partial charge >= 0.3 is 0 Å². The van der Waals surface area contributed by atoms with Crippen molar-refractivity contribution in [3.05, 3.63) is 35.4 Å². The summed E-state index contributed by atoms with van der Waals surface area (Å²) in [5.41, 5.74) is 2.74. The lowest BCUT2D eigenvalue weighted by atomic mass is 10.0. The zero-order chi connectivity index (χ0) is 14.8. The van der Waals surface area contributed by atoms with Gasteiger partial charge in [0, 0.05) is 6.61 Å². The topological polar surface area (TPSA) is 21.3 Å². The van der Waals surface area contributed by atoms with Crippen LogP contribution in [0, 0.1) is 5.92 Å². The molecule has 1 aromatic rings. The monoisotopic (exact) mass is 277 g/mol. The van der Waals surface area contributed by atoms with Crippen LogP contribution in [0.1, 0.15) is 57.2 Å². The minimum Gasteiger partial charge on any atom is -0.379 e. The fraction of sp³-hybridized carbons (Fsp3) is 0.667. The van der Waals surface area contributed by atoms with Crippen molar-refractivity contribution < 1.29 is 4.74 Å². The third-order valence-electron chi connectivity index (χ3n) is 3.62. The molecule has 2 heteroatoms. The third-order valence-corrected chi connectivity index (χ3v) is 3.62. The molecule has 0 aliphatic heterocycles. The first-order valence-electron chi connectivity index (χ1n) is 8.01. The van der Waals surface area contributed by atoms with E-state index >= 15 is 0 Å². The number of aryl methyl sites for hydroxylation is 1. The highest BCUT2D eigenvalue weighted by atomic mass is 16.5. The van der Waals surface area contributed by atoms with E-state index in [-0.39, 0.29) is 0 Å². The van der Waals surface area contributed by atoms with Crippen LogP contribution in [0.25, 0.3) is 0 Å². The highest BCUT2D eigenvalue weighted by Crippen LogP contribution is 2.15. The lowest BCUT2D eigenvalue weighted by Crippen LogP contribution is -2.22. The Morgan fingerprint density at radius 3 is 2.40 bits per heavy atom. The molecule has 0 spiro atoms. The van der Waals surface area contributed by atoms with Gasteiger partial charge in [-0.1, -0.05) is 51.5 Å². The molecule has 0 fully saturated rings. The largest absolute Gasteiger partial charge is 0.379 e. The van der Waals surface area contributed by atoms with Crippen molar-refractivity contribution in [3.63, 3.8) is 0 Å². The minimum atomic E-state index is 0.296. The minimum absolute atomic E-state index is 0.296. The predicted octanol–water partition coefficient (Wildman–Crippen LogP) is 4.35. The molecule has 114 valence electrons. The van der Waals surface area contributed by atoms with Gasteiger partial charge in [0.25, 0.3) is 0 Å². The van der Waals surface area contributed by atoms with Gasteiger partial charge in [0.05, 0.1) is 12.6 Å². The van der Waals surface area contributed by atoms with Crippen LogP contribution in [0.4, 0.5) is 0 Å². The number of likely N-dealkylation sites (N-methyl/N-ethyl adjacent to an activating group) is 1.